The van der Waals surface area contributed by atoms with Crippen molar-refractivity contribution in [1.82, 2.24) is 0 Å². The number of esters is 1. The molecule has 1 heterocycles. The zero-order chi connectivity index (χ0) is 13.4. The molecule has 0 N–H and O–H groups in total. The Balaban J connectivity index is 2.77. The van der Waals surface area contributed by atoms with Gasteiger partial charge in [-0.05, 0) is 23.1 Å². The minimum absolute atomic E-state index is 0.00885. The Morgan fingerprint density at radius 3 is 2.78 bits per heavy atom. The number of benzene rings is 1. The van der Waals surface area contributed by atoms with Gasteiger partial charge in [-0.3, -0.25) is 0 Å². The number of carbonyl (C=O) groups excluding carboxylic acids is 1. The second-order valence-corrected chi connectivity index (χ2v) is 5.33. The Labute approximate surface area is 114 Å². The lowest BCUT2D eigenvalue weighted by atomic mass is 9.81. The molecule has 18 heavy (non-hydrogen) atoms. The molecule has 1 unspecified atom stereocenters. The lowest BCUT2D eigenvalue weighted by Gasteiger charge is -2.08. The van der Waals surface area contributed by atoms with Crippen LogP contribution in [-0.2, 0) is 4.74 Å². The fraction of sp³-hybridized carbons (Fsp3) is 0.250. The van der Waals surface area contributed by atoms with Gasteiger partial charge in [-0.2, -0.15) is 0 Å². The van der Waals surface area contributed by atoms with E-state index in [1.54, 1.807) is 13.0 Å². The highest BCUT2D eigenvalue weighted by Gasteiger charge is 2.18. The van der Waals surface area contributed by atoms with Crippen molar-refractivity contribution in [2.45, 2.75) is 12.7 Å². The molecular formula is C12H9BClFO2S. The number of hydrogen-bond donors (Lipinski definition) is 0. The van der Waals surface area contributed by atoms with E-state index in [-0.39, 0.29) is 10.8 Å². The van der Waals surface area contributed by atoms with E-state index in [4.69, 9.17) is 19.4 Å². The van der Waals surface area contributed by atoms with Crippen LogP contribution in [0.5, 0.6) is 0 Å². The van der Waals surface area contributed by atoms with E-state index in [0.29, 0.717) is 20.5 Å². The topological polar surface area (TPSA) is 26.3 Å². The molecule has 0 fully saturated rings. The van der Waals surface area contributed by atoms with Gasteiger partial charge in [-0.25, -0.2) is 9.18 Å². The van der Waals surface area contributed by atoms with Gasteiger partial charge in [-0.15, -0.1) is 11.3 Å². The first-order valence-electron chi connectivity index (χ1n) is 5.21. The number of carbonyl (C=O) groups is 1. The van der Waals surface area contributed by atoms with Crippen molar-refractivity contribution in [3.8, 4) is 0 Å². The highest BCUT2D eigenvalue weighted by Crippen LogP contribution is 2.38. The maximum atomic E-state index is 13.7. The fourth-order valence-electron chi connectivity index (χ4n) is 1.73. The number of rotatable bonds is 2. The molecular weight excluding hydrogens is 273 g/mol. The minimum Gasteiger partial charge on any atom is -0.465 e. The van der Waals surface area contributed by atoms with Crippen LogP contribution in [0.15, 0.2) is 12.1 Å². The van der Waals surface area contributed by atoms with Crippen LogP contribution in [0, 0.1) is 5.82 Å². The molecule has 1 aromatic heterocycles. The third kappa shape index (κ3) is 2.13. The van der Waals surface area contributed by atoms with Crippen molar-refractivity contribution in [3.63, 3.8) is 0 Å². The van der Waals surface area contributed by atoms with Gasteiger partial charge >= 0.3 is 5.97 Å². The SMILES string of the molecule is [B]C(C)c1cc(F)c(Cl)c2sc(C(=O)OC)cc12. The molecule has 1 aromatic carbocycles. The van der Waals surface area contributed by atoms with E-state index in [0.717, 1.165) is 11.3 Å². The maximum Gasteiger partial charge on any atom is 0.348 e. The van der Waals surface area contributed by atoms with Crippen LogP contribution in [0.4, 0.5) is 4.39 Å². The molecule has 2 aromatic rings. The zero-order valence-corrected chi connectivity index (χ0v) is 11.4. The van der Waals surface area contributed by atoms with Crippen molar-refractivity contribution >= 4 is 46.8 Å². The van der Waals surface area contributed by atoms with Crippen molar-refractivity contribution in [3.05, 3.63) is 33.4 Å². The average Bonchev–Trinajstić information content (AvgIpc) is 2.77. The van der Waals surface area contributed by atoms with Crippen LogP contribution in [0.25, 0.3) is 10.1 Å². The number of halogens is 2. The van der Waals surface area contributed by atoms with Crippen LogP contribution in [0.1, 0.15) is 28.0 Å². The van der Waals surface area contributed by atoms with Crippen LogP contribution >= 0.6 is 22.9 Å². The smallest absolute Gasteiger partial charge is 0.348 e. The van der Waals surface area contributed by atoms with Gasteiger partial charge in [0, 0.05) is 0 Å². The molecule has 0 aliphatic rings. The van der Waals surface area contributed by atoms with E-state index in [1.165, 1.54) is 13.2 Å². The van der Waals surface area contributed by atoms with Gasteiger partial charge < -0.3 is 4.74 Å². The molecule has 0 saturated carbocycles. The van der Waals surface area contributed by atoms with Gasteiger partial charge in [0.25, 0.3) is 0 Å². The van der Waals surface area contributed by atoms with Gasteiger partial charge in [0.05, 0.1) is 24.7 Å². The number of methoxy groups -OCH3 is 1. The zero-order valence-electron chi connectivity index (χ0n) is 9.79. The summed E-state index contributed by atoms with van der Waals surface area (Å²) in [5.41, 5.74) is 0.623. The van der Waals surface area contributed by atoms with E-state index < -0.39 is 11.8 Å². The second kappa shape index (κ2) is 4.90. The van der Waals surface area contributed by atoms with Gasteiger partial charge in [0.1, 0.15) is 10.7 Å². The summed E-state index contributed by atoms with van der Waals surface area (Å²) in [7, 11) is 7.09. The highest BCUT2D eigenvalue weighted by atomic mass is 35.5. The summed E-state index contributed by atoms with van der Waals surface area (Å²) in [6.45, 7) is 1.75. The fourth-order valence-corrected chi connectivity index (χ4v) is 3.04. The summed E-state index contributed by atoms with van der Waals surface area (Å²) in [6, 6.07) is 2.94. The van der Waals surface area contributed by atoms with E-state index >= 15 is 0 Å². The highest BCUT2D eigenvalue weighted by molar-refractivity contribution is 7.21. The Bertz CT molecular complexity index is 624. The predicted octanol–water partition coefficient (Wildman–Crippen LogP) is 3.71. The van der Waals surface area contributed by atoms with Gasteiger partial charge in [0.15, 0.2) is 0 Å². The normalized spacial score (nSPS) is 12.7. The van der Waals surface area contributed by atoms with Crippen LogP contribution in [-0.4, -0.2) is 20.9 Å². The Kier molecular flexibility index (Phi) is 3.64. The predicted molar refractivity (Wildman–Crippen MR) is 72.3 cm³/mol. The average molecular weight is 283 g/mol. The Morgan fingerprint density at radius 1 is 1.56 bits per heavy atom. The summed E-state index contributed by atoms with van der Waals surface area (Å²) in [4.78, 5) is 11.9. The first-order valence-corrected chi connectivity index (χ1v) is 6.40. The summed E-state index contributed by atoms with van der Waals surface area (Å²) >= 11 is 7.01. The van der Waals surface area contributed by atoms with Crippen LogP contribution in [0.3, 0.4) is 0 Å². The summed E-state index contributed by atoms with van der Waals surface area (Å²) in [6.07, 6.45) is 0. The molecule has 0 bridgehead atoms. The molecule has 1 atom stereocenters. The van der Waals surface area contributed by atoms with Crippen LogP contribution in [0.2, 0.25) is 5.02 Å². The summed E-state index contributed by atoms with van der Waals surface area (Å²) in [5, 5.41) is 0.705. The summed E-state index contributed by atoms with van der Waals surface area (Å²) < 4.78 is 18.8. The Morgan fingerprint density at radius 2 is 2.22 bits per heavy atom. The molecule has 6 heteroatoms. The van der Waals surface area contributed by atoms with E-state index in [1.807, 2.05) is 0 Å². The third-order valence-electron chi connectivity index (χ3n) is 2.61. The number of hydrogen-bond acceptors (Lipinski definition) is 3. The van der Waals surface area contributed by atoms with E-state index in [2.05, 4.69) is 4.74 Å². The van der Waals surface area contributed by atoms with E-state index in [9.17, 15) is 9.18 Å². The van der Waals surface area contributed by atoms with Crippen molar-refractivity contribution < 1.29 is 13.9 Å². The van der Waals surface area contributed by atoms with Crippen molar-refractivity contribution in [1.29, 1.82) is 0 Å². The third-order valence-corrected chi connectivity index (χ3v) is 4.23. The quantitative estimate of drug-likeness (QED) is 0.620. The monoisotopic (exact) mass is 282 g/mol. The van der Waals surface area contributed by atoms with Crippen molar-refractivity contribution in [2.24, 2.45) is 0 Å². The minimum atomic E-state index is -0.533. The largest absolute Gasteiger partial charge is 0.465 e. The van der Waals surface area contributed by atoms with Crippen molar-refractivity contribution in [2.75, 3.05) is 7.11 Å². The van der Waals surface area contributed by atoms with Crippen LogP contribution < -0.4 is 0 Å². The first kappa shape index (κ1) is 13.4. The lowest BCUT2D eigenvalue weighted by molar-refractivity contribution is 0.0606. The number of fused-ring (bicyclic) bond motifs is 1. The molecule has 0 spiro atoms. The maximum absolute atomic E-state index is 13.7. The molecule has 0 amide bonds. The molecule has 0 aliphatic heterocycles. The Hall–Kier alpha value is -1.07. The lowest BCUT2D eigenvalue weighted by Crippen LogP contribution is -1.97. The molecule has 2 radical (unpaired) electrons. The van der Waals surface area contributed by atoms with Gasteiger partial charge in [-0.1, -0.05) is 24.3 Å². The molecule has 92 valence electrons. The number of thiophene rings is 1. The molecule has 0 aliphatic carbocycles. The molecule has 0 saturated heterocycles. The standard InChI is InChI=1S/C12H9BClFO2S/c1-5(13)6-3-8(15)10(14)11-7(6)4-9(18-11)12(16)17-2/h3-5H,1-2H3. The summed E-state index contributed by atoms with van der Waals surface area (Å²) in [5.74, 6) is -1.35. The number of ether oxygens (including phenoxy) is 1. The second-order valence-electron chi connectivity index (χ2n) is 3.90. The van der Waals surface area contributed by atoms with Gasteiger partial charge in [0.2, 0.25) is 0 Å². The first-order chi connectivity index (χ1) is 8.45. The molecule has 2 rings (SSSR count). The molecule has 2 nitrogen and oxygen atoms in total.